The number of carbonyl (C=O) groups excluding carboxylic acids is 1. The molecule has 1 amide bonds. The number of carbonyl (C=O) groups is 1. The minimum absolute atomic E-state index is 0.159. The second kappa shape index (κ2) is 5.32. The molecule has 0 unspecified atom stereocenters. The third-order valence-corrected chi connectivity index (χ3v) is 5.64. The summed E-state index contributed by atoms with van der Waals surface area (Å²) < 4.78 is 5.49. The number of nitrogens with two attached hydrogens (primary N) is 1. The average molecular weight is 329 g/mol. The maximum Gasteiger partial charge on any atom is 0.238 e. The van der Waals surface area contributed by atoms with Gasteiger partial charge in [0.2, 0.25) is 5.91 Å². The van der Waals surface area contributed by atoms with Gasteiger partial charge in [-0.1, -0.05) is 0 Å². The Bertz CT molecular complexity index is 765. The molecule has 4 rings (SSSR count). The third-order valence-electron chi connectivity index (χ3n) is 4.81. The van der Waals surface area contributed by atoms with Gasteiger partial charge in [0.15, 0.2) is 0 Å². The molecule has 2 aliphatic heterocycles. The molecule has 0 atom stereocenters. The van der Waals surface area contributed by atoms with Crippen molar-refractivity contribution in [3.05, 3.63) is 39.8 Å². The summed E-state index contributed by atoms with van der Waals surface area (Å²) in [5, 5.41) is 3.04. The van der Waals surface area contributed by atoms with Crippen LogP contribution < -0.4 is 10.6 Å². The van der Waals surface area contributed by atoms with Crippen molar-refractivity contribution in [2.45, 2.75) is 31.7 Å². The molecule has 120 valence electrons. The van der Waals surface area contributed by atoms with Crippen LogP contribution in [0.25, 0.3) is 0 Å². The molecule has 1 saturated heterocycles. The van der Waals surface area contributed by atoms with Crippen LogP contribution in [0.5, 0.6) is 0 Å². The first-order chi connectivity index (χ1) is 11.1. The number of hydrogen-bond acceptors (Lipinski definition) is 5. The molecular weight excluding hydrogens is 310 g/mol. The predicted octanol–water partition coefficient (Wildman–Crippen LogP) is 2.63. The summed E-state index contributed by atoms with van der Waals surface area (Å²) >= 11 is 1.61. The van der Waals surface area contributed by atoms with Crippen molar-refractivity contribution in [3.8, 4) is 0 Å². The molecule has 1 aromatic carbocycles. The Labute approximate surface area is 139 Å². The summed E-state index contributed by atoms with van der Waals surface area (Å²) in [4.78, 5) is 19.6. The first-order valence-corrected chi connectivity index (χ1v) is 8.69. The van der Waals surface area contributed by atoms with E-state index in [4.69, 9.17) is 10.5 Å². The number of thiazole rings is 1. The predicted molar refractivity (Wildman–Crippen MR) is 90.6 cm³/mol. The van der Waals surface area contributed by atoms with Gasteiger partial charge in [-0.15, -0.1) is 11.3 Å². The lowest BCUT2D eigenvalue weighted by Crippen LogP contribution is -2.44. The van der Waals surface area contributed by atoms with E-state index in [2.05, 4.69) is 4.98 Å². The van der Waals surface area contributed by atoms with Gasteiger partial charge < -0.3 is 15.4 Å². The zero-order valence-electron chi connectivity index (χ0n) is 13.0. The van der Waals surface area contributed by atoms with Crippen molar-refractivity contribution < 1.29 is 9.53 Å². The van der Waals surface area contributed by atoms with Crippen molar-refractivity contribution in [2.75, 3.05) is 23.8 Å². The zero-order valence-corrected chi connectivity index (χ0v) is 13.9. The van der Waals surface area contributed by atoms with Gasteiger partial charge >= 0.3 is 0 Å². The summed E-state index contributed by atoms with van der Waals surface area (Å²) in [5.41, 5.74) is 9.18. The molecule has 0 bridgehead atoms. The normalized spacial score (nSPS) is 19.3. The van der Waals surface area contributed by atoms with Gasteiger partial charge in [-0.2, -0.15) is 0 Å². The van der Waals surface area contributed by atoms with Gasteiger partial charge in [0, 0.05) is 30.0 Å². The first kappa shape index (κ1) is 14.7. The van der Waals surface area contributed by atoms with Crippen LogP contribution in [-0.2, 0) is 21.5 Å². The van der Waals surface area contributed by atoms with Gasteiger partial charge in [0.25, 0.3) is 0 Å². The van der Waals surface area contributed by atoms with Crippen LogP contribution in [0, 0.1) is 6.92 Å². The molecule has 0 saturated carbocycles. The van der Waals surface area contributed by atoms with Crippen molar-refractivity contribution >= 4 is 28.6 Å². The fourth-order valence-electron chi connectivity index (χ4n) is 3.66. The van der Waals surface area contributed by atoms with Crippen LogP contribution in [0.1, 0.15) is 29.1 Å². The summed E-state index contributed by atoms with van der Waals surface area (Å²) in [6.07, 6.45) is 1.43. The monoisotopic (exact) mass is 329 g/mol. The molecule has 5 nitrogen and oxygen atoms in total. The molecule has 3 heterocycles. The van der Waals surface area contributed by atoms with E-state index < -0.39 is 5.41 Å². The van der Waals surface area contributed by atoms with Crippen molar-refractivity contribution in [2.24, 2.45) is 0 Å². The maximum absolute atomic E-state index is 13.3. The van der Waals surface area contributed by atoms with Gasteiger partial charge in [-0.05, 0) is 43.5 Å². The number of anilines is 2. The number of rotatable bonds is 2. The fraction of sp³-hybridized carbons (Fsp3) is 0.412. The Kier molecular flexibility index (Phi) is 3.39. The van der Waals surface area contributed by atoms with E-state index >= 15 is 0 Å². The number of benzene rings is 1. The smallest absolute Gasteiger partial charge is 0.238 e. The Morgan fingerprint density at radius 3 is 2.87 bits per heavy atom. The van der Waals surface area contributed by atoms with Crippen molar-refractivity contribution in [1.29, 1.82) is 0 Å². The molecule has 1 fully saturated rings. The van der Waals surface area contributed by atoms with Crippen LogP contribution in [-0.4, -0.2) is 24.1 Å². The number of amides is 1. The molecule has 2 N–H and O–H groups in total. The number of aryl methyl sites for hydroxylation is 1. The highest BCUT2D eigenvalue weighted by Crippen LogP contribution is 2.48. The SMILES string of the molecule is Cc1nc(CN2C(=O)C3(CCOCC3)c3cc(N)ccc32)cs1. The minimum Gasteiger partial charge on any atom is -0.399 e. The largest absolute Gasteiger partial charge is 0.399 e. The molecule has 0 radical (unpaired) electrons. The molecule has 1 spiro atoms. The Morgan fingerprint density at radius 1 is 1.39 bits per heavy atom. The van der Waals surface area contributed by atoms with Crippen LogP contribution in [0.15, 0.2) is 23.6 Å². The quantitative estimate of drug-likeness (QED) is 0.860. The fourth-order valence-corrected chi connectivity index (χ4v) is 4.26. The lowest BCUT2D eigenvalue weighted by atomic mass is 9.75. The van der Waals surface area contributed by atoms with E-state index in [1.807, 2.05) is 35.4 Å². The maximum atomic E-state index is 13.3. The third kappa shape index (κ3) is 2.24. The van der Waals surface area contributed by atoms with Crippen LogP contribution in [0.2, 0.25) is 0 Å². The molecule has 0 aliphatic carbocycles. The number of aromatic nitrogens is 1. The molecule has 2 aromatic rings. The number of fused-ring (bicyclic) bond motifs is 2. The Hall–Kier alpha value is -1.92. The lowest BCUT2D eigenvalue weighted by molar-refractivity contribution is -0.126. The summed E-state index contributed by atoms with van der Waals surface area (Å²) in [5.74, 6) is 0.159. The van der Waals surface area contributed by atoms with Gasteiger partial charge in [0.1, 0.15) is 0 Å². The van der Waals surface area contributed by atoms with Crippen molar-refractivity contribution in [3.63, 3.8) is 0 Å². The summed E-state index contributed by atoms with van der Waals surface area (Å²) in [6.45, 7) is 3.73. The van der Waals surface area contributed by atoms with E-state index in [1.165, 1.54) is 0 Å². The van der Waals surface area contributed by atoms with Crippen molar-refractivity contribution in [1.82, 2.24) is 4.98 Å². The standard InChI is InChI=1S/C17H19N3O2S/c1-11-19-13(10-23-11)9-20-15-3-2-12(18)8-14(15)17(16(20)21)4-6-22-7-5-17/h2-3,8,10H,4-7,9,18H2,1H3. The van der Waals surface area contributed by atoms with E-state index in [-0.39, 0.29) is 5.91 Å². The Morgan fingerprint density at radius 2 is 2.17 bits per heavy atom. The number of nitrogens with zero attached hydrogens (tertiary/aromatic N) is 2. The van der Waals surface area contributed by atoms with E-state index in [9.17, 15) is 4.79 Å². The van der Waals surface area contributed by atoms with Gasteiger partial charge in [-0.25, -0.2) is 4.98 Å². The van der Waals surface area contributed by atoms with Gasteiger partial charge in [-0.3, -0.25) is 4.79 Å². The highest BCUT2D eigenvalue weighted by Gasteiger charge is 2.51. The average Bonchev–Trinajstić information content (AvgIpc) is 3.05. The molecule has 2 aliphatic rings. The second-order valence-electron chi connectivity index (χ2n) is 6.22. The number of ether oxygens (including phenoxy) is 1. The second-order valence-corrected chi connectivity index (χ2v) is 7.28. The van der Waals surface area contributed by atoms with Crippen LogP contribution in [0.4, 0.5) is 11.4 Å². The first-order valence-electron chi connectivity index (χ1n) is 7.81. The molecule has 1 aromatic heterocycles. The van der Waals surface area contributed by atoms with E-state index in [1.54, 1.807) is 11.3 Å². The highest BCUT2D eigenvalue weighted by atomic mass is 32.1. The summed E-state index contributed by atoms with van der Waals surface area (Å²) in [7, 11) is 0. The molecular formula is C17H19N3O2S. The number of nitrogen functional groups attached to an aromatic ring is 1. The zero-order chi connectivity index (χ0) is 16.0. The van der Waals surface area contributed by atoms with Crippen LogP contribution >= 0.6 is 11.3 Å². The highest BCUT2D eigenvalue weighted by molar-refractivity contribution is 7.09. The van der Waals surface area contributed by atoms with Crippen LogP contribution in [0.3, 0.4) is 0 Å². The summed E-state index contributed by atoms with van der Waals surface area (Å²) in [6, 6.07) is 5.79. The number of hydrogen-bond donors (Lipinski definition) is 1. The van der Waals surface area contributed by atoms with E-state index in [0.717, 1.165) is 34.8 Å². The van der Waals surface area contributed by atoms with E-state index in [0.29, 0.717) is 25.4 Å². The molecule has 6 heteroatoms. The lowest BCUT2D eigenvalue weighted by Gasteiger charge is -2.32. The Balaban J connectivity index is 1.78. The molecule has 23 heavy (non-hydrogen) atoms. The topological polar surface area (TPSA) is 68.5 Å². The minimum atomic E-state index is -0.478. The van der Waals surface area contributed by atoms with Gasteiger partial charge in [0.05, 0.1) is 22.7 Å².